The monoisotopic (exact) mass is 423 g/mol. The van der Waals surface area contributed by atoms with Crippen LogP contribution < -0.4 is 5.32 Å². The van der Waals surface area contributed by atoms with Gasteiger partial charge in [-0.1, -0.05) is 46.0 Å². The van der Waals surface area contributed by atoms with Crippen molar-refractivity contribution < 1.29 is 9.90 Å². The second-order valence-electron chi connectivity index (χ2n) is 10.9. The molecule has 2 N–H and O–H groups in total. The fourth-order valence-corrected chi connectivity index (χ4v) is 7.08. The number of rotatable bonds is 6. The molecule has 0 spiro atoms. The molecule has 3 nitrogen and oxygen atoms in total. The van der Waals surface area contributed by atoms with E-state index in [0.29, 0.717) is 11.8 Å². The molecule has 3 fully saturated rings. The Bertz CT molecular complexity index is 535. The lowest BCUT2D eigenvalue weighted by Gasteiger charge is -2.56. The van der Waals surface area contributed by atoms with E-state index in [9.17, 15) is 9.90 Å². The molecule has 0 heterocycles. The van der Waals surface area contributed by atoms with Gasteiger partial charge >= 0.3 is 0 Å². The van der Waals surface area contributed by atoms with Crippen LogP contribution in [0.1, 0.15) is 110 Å². The Morgan fingerprint density at radius 2 is 1.79 bits per heavy atom. The van der Waals surface area contributed by atoms with Gasteiger partial charge in [0.25, 0.3) is 0 Å². The van der Waals surface area contributed by atoms with Crippen molar-refractivity contribution in [3.8, 4) is 0 Å². The van der Waals surface area contributed by atoms with Crippen LogP contribution >= 0.6 is 12.6 Å². The van der Waals surface area contributed by atoms with Crippen molar-refractivity contribution in [1.82, 2.24) is 5.32 Å². The Balaban J connectivity index is 1.51. The van der Waals surface area contributed by atoms with Crippen LogP contribution in [0.5, 0.6) is 0 Å². The number of aliphatic hydroxyl groups is 1. The predicted octanol–water partition coefficient (Wildman–Crippen LogP) is 5.90. The van der Waals surface area contributed by atoms with Crippen molar-refractivity contribution in [2.24, 2.45) is 23.2 Å². The predicted molar refractivity (Wildman–Crippen MR) is 124 cm³/mol. The van der Waals surface area contributed by atoms with Gasteiger partial charge in [-0.25, -0.2) is 0 Å². The SMILES string of the molecule is C[C@H]1CCC2CC(O)CCC2(C)C(S)(CCCCNC(=O)C2CCCCC2)CC1. The molecule has 0 aromatic rings. The second-order valence-corrected chi connectivity index (χ2v) is 11.7. The maximum Gasteiger partial charge on any atom is 0.223 e. The maximum atomic E-state index is 12.4. The Morgan fingerprint density at radius 3 is 2.55 bits per heavy atom. The van der Waals surface area contributed by atoms with Crippen LogP contribution in [0.3, 0.4) is 0 Å². The topological polar surface area (TPSA) is 49.3 Å². The number of thiol groups is 1. The van der Waals surface area contributed by atoms with Crippen LogP contribution in [-0.4, -0.2) is 28.4 Å². The van der Waals surface area contributed by atoms with Crippen molar-refractivity contribution >= 4 is 18.5 Å². The van der Waals surface area contributed by atoms with Crippen LogP contribution in [0.15, 0.2) is 0 Å². The Hall–Kier alpha value is -0.220. The lowest BCUT2D eigenvalue weighted by Crippen LogP contribution is -2.52. The highest BCUT2D eigenvalue weighted by molar-refractivity contribution is 7.81. The van der Waals surface area contributed by atoms with Crippen molar-refractivity contribution in [3.63, 3.8) is 0 Å². The summed E-state index contributed by atoms with van der Waals surface area (Å²) in [4.78, 5) is 12.4. The number of aliphatic hydroxyl groups excluding tert-OH is 1. The van der Waals surface area contributed by atoms with E-state index in [1.54, 1.807) is 0 Å². The molecule has 29 heavy (non-hydrogen) atoms. The molecule has 4 heteroatoms. The van der Waals surface area contributed by atoms with E-state index in [1.165, 1.54) is 44.9 Å². The van der Waals surface area contributed by atoms with Crippen molar-refractivity contribution in [1.29, 1.82) is 0 Å². The third-order valence-corrected chi connectivity index (χ3v) is 9.83. The van der Waals surface area contributed by atoms with Crippen LogP contribution in [0.25, 0.3) is 0 Å². The lowest BCUT2D eigenvalue weighted by molar-refractivity contribution is -0.125. The summed E-state index contributed by atoms with van der Waals surface area (Å²) >= 11 is 5.40. The summed E-state index contributed by atoms with van der Waals surface area (Å²) in [6, 6.07) is 0. The lowest BCUT2D eigenvalue weighted by atomic mass is 9.55. The van der Waals surface area contributed by atoms with Gasteiger partial charge in [-0.2, -0.15) is 12.6 Å². The summed E-state index contributed by atoms with van der Waals surface area (Å²) in [5.41, 5.74) is 0.223. The molecule has 3 aliphatic rings. The van der Waals surface area contributed by atoms with E-state index < -0.39 is 0 Å². The van der Waals surface area contributed by atoms with Gasteiger partial charge in [0.15, 0.2) is 0 Å². The zero-order valence-corrected chi connectivity index (χ0v) is 19.8. The molecule has 3 saturated carbocycles. The Morgan fingerprint density at radius 1 is 1.03 bits per heavy atom. The molecule has 3 rings (SSSR count). The highest BCUT2D eigenvalue weighted by atomic mass is 32.1. The number of carbonyl (C=O) groups excluding carboxylic acids is 1. The van der Waals surface area contributed by atoms with Gasteiger partial charge in [0, 0.05) is 17.2 Å². The van der Waals surface area contributed by atoms with Gasteiger partial charge < -0.3 is 10.4 Å². The first-order chi connectivity index (χ1) is 13.8. The van der Waals surface area contributed by atoms with Crippen molar-refractivity contribution in [3.05, 3.63) is 0 Å². The summed E-state index contributed by atoms with van der Waals surface area (Å²) in [7, 11) is 0. The molecule has 0 saturated heterocycles. The van der Waals surface area contributed by atoms with Crippen molar-refractivity contribution in [2.45, 2.75) is 121 Å². The third-order valence-electron chi connectivity index (χ3n) is 8.87. The van der Waals surface area contributed by atoms with E-state index in [0.717, 1.165) is 63.8 Å². The van der Waals surface area contributed by atoms with E-state index in [-0.39, 0.29) is 22.2 Å². The molecular weight excluding hydrogens is 378 g/mol. The first kappa shape index (κ1) is 23.4. The summed E-state index contributed by atoms with van der Waals surface area (Å²) in [5, 5.41) is 13.5. The minimum absolute atomic E-state index is 0.0554. The van der Waals surface area contributed by atoms with Crippen LogP contribution in [0.4, 0.5) is 0 Å². The molecular formula is C25H45NO2S. The Kier molecular flexibility index (Phi) is 8.40. The fourth-order valence-electron chi connectivity index (χ4n) is 6.50. The third kappa shape index (κ3) is 5.73. The number of nitrogens with one attached hydrogen (secondary N) is 1. The smallest absolute Gasteiger partial charge is 0.223 e. The van der Waals surface area contributed by atoms with Gasteiger partial charge in [0.1, 0.15) is 0 Å². The quantitative estimate of drug-likeness (QED) is 0.368. The largest absolute Gasteiger partial charge is 0.393 e. The molecule has 0 aromatic heterocycles. The zero-order chi connectivity index (χ0) is 20.9. The summed E-state index contributed by atoms with van der Waals surface area (Å²) in [5.74, 6) is 1.91. The summed E-state index contributed by atoms with van der Waals surface area (Å²) in [6.45, 7) is 5.67. The highest BCUT2D eigenvalue weighted by Gasteiger charge is 2.52. The normalized spacial score (nSPS) is 39.2. The van der Waals surface area contributed by atoms with Crippen LogP contribution in [-0.2, 0) is 4.79 Å². The van der Waals surface area contributed by atoms with Crippen LogP contribution in [0, 0.1) is 23.2 Å². The average Bonchev–Trinajstić information content (AvgIpc) is 2.72. The zero-order valence-electron chi connectivity index (χ0n) is 18.9. The van der Waals surface area contributed by atoms with Gasteiger partial charge in [-0.05, 0) is 81.5 Å². The van der Waals surface area contributed by atoms with Gasteiger partial charge in [0.2, 0.25) is 5.91 Å². The number of hydrogen-bond acceptors (Lipinski definition) is 3. The first-order valence-corrected chi connectivity index (χ1v) is 13.0. The van der Waals surface area contributed by atoms with Crippen molar-refractivity contribution in [2.75, 3.05) is 6.54 Å². The maximum absolute atomic E-state index is 12.4. The summed E-state index contributed by atoms with van der Waals surface area (Å²) < 4.78 is 0.0554. The Labute approximate surface area is 184 Å². The van der Waals surface area contributed by atoms with E-state index in [2.05, 4.69) is 19.2 Å². The number of carbonyl (C=O) groups is 1. The molecule has 1 amide bonds. The molecule has 0 radical (unpaired) electrons. The van der Waals surface area contributed by atoms with Gasteiger partial charge in [-0.3, -0.25) is 4.79 Å². The molecule has 4 unspecified atom stereocenters. The highest BCUT2D eigenvalue weighted by Crippen LogP contribution is 2.58. The average molecular weight is 424 g/mol. The second kappa shape index (κ2) is 10.4. The van der Waals surface area contributed by atoms with Crippen LogP contribution in [0.2, 0.25) is 0 Å². The minimum atomic E-state index is -0.115. The molecule has 0 bridgehead atoms. The van der Waals surface area contributed by atoms with E-state index in [1.807, 2.05) is 0 Å². The minimum Gasteiger partial charge on any atom is -0.393 e. The summed E-state index contributed by atoms with van der Waals surface area (Å²) in [6.07, 6.45) is 17.1. The van der Waals surface area contributed by atoms with Gasteiger partial charge in [0.05, 0.1) is 6.10 Å². The number of fused-ring (bicyclic) bond motifs is 1. The fraction of sp³-hybridized carbons (Fsp3) is 0.960. The molecule has 3 aliphatic carbocycles. The number of unbranched alkanes of at least 4 members (excludes halogenated alkanes) is 1. The van der Waals surface area contributed by atoms with E-state index >= 15 is 0 Å². The molecule has 0 aliphatic heterocycles. The molecule has 0 aromatic carbocycles. The molecule has 5 atom stereocenters. The number of hydrogen-bond donors (Lipinski definition) is 3. The first-order valence-electron chi connectivity index (χ1n) is 12.5. The number of amides is 1. The molecule has 168 valence electrons. The van der Waals surface area contributed by atoms with E-state index in [4.69, 9.17) is 12.6 Å². The standard InChI is InChI=1S/C25H45NO2S/c1-19-10-11-21-18-22(27)13-15-24(21,2)25(29,16-12-19)14-6-7-17-26-23(28)20-8-4-3-5-9-20/h19-22,27,29H,3-18H2,1-2H3,(H,26,28)/t19-,21?,22?,24?,25?/m0/s1. The van der Waals surface area contributed by atoms with Gasteiger partial charge in [-0.15, -0.1) is 0 Å².